The Hall–Kier alpha value is -3.42. The summed E-state index contributed by atoms with van der Waals surface area (Å²) in [4.78, 5) is 26.7. The Bertz CT molecular complexity index is 1290. The Labute approximate surface area is 190 Å². The van der Waals surface area contributed by atoms with Crippen molar-refractivity contribution in [2.24, 2.45) is 0 Å². The van der Waals surface area contributed by atoms with Crippen LogP contribution in [0, 0.1) is 0 Å². The van der Waals surface area contributed by atoms with Gasteiger partial charge in [-0.15, -0.1) is 0 Å². The Morgan fingerprint density at radius 3 is 2.94 bits per heavy atom. The molecule has 1 fully saturated rings. The van der Waals surface area contributed by atoms with E-state index in [0.717, 1.165) is 40.7 Å². The first-order valence-electron chi connectivity index (χ1n) is 10.5. The molecule has 32 heavy (non-hydrogen) atoms. The van der Waals surface area contributed by atoms with Gasteiger partial charge in [-0.05, 0) is 49.2 Å². The molecular formula is C24H22ClN5O2. The lowest BCUT2D eigenvalue weighted by molar-refractivity contribution is 0.0672. The summed E-state index contributed by atoms with van der Waals surface area (Å²) in [7, 11) is 0. The number of nitrogens with zero attached hydrogens (tertiary/aromatic N) is 3. The summed E-state index contributed by atoms with van der Waals surface area (Å²) in [6.45, 7) is 0.665. The van der Waals surface area contributed by atoms with Crippen LogP contribution in [0.3, 0.4) is 0 Å². The molecule has 0 bridgehead atoms. The molecule has 7 nitrogen and oxygen atoms in total. The Balaban J connectivity index is 1.39. The van der Waals surface area contributed by atoms with Crippen molar-refractivity contribution < 1.29 is 9.90 Å². The molecule has 162 valence electrons. The number of fused-ring (bicyclic) bond motifs is 1. The van der Waals surface area contributed by atoms with Crippen LogP contribution >= 0.6 is 11.6 Å². The number of likely N-dealkylation sites (tertiary alicyclic amines) is 1. The van der Waals surface area contributed by atoms with E-state index in [0.29, 0.717) is 23.2 Å². The van der Waals surface area contributed by atoms with Crippen LogP contribution in [-0.4, -0.2) is 50.1 Å². The van der Waals surface area contributed by atoms with Crippen molar-refractivity contribution >= 4 is 40.0 Å². The first kappa shape index (κ1) is 20.5. The molecule has 0 saturated carbocycles. The third kappa shape index (κ3) is 3.92. The van der Waals surface area contributed by atoms with Gasteiger partial charge in [0.25, 0.3) is 5.91 Å². The quantitative estimate of drug-likeness (QED) is 0.415. The van der Waals surface area contributed by atoms with Crippen molar-refractivity contribution in [3.63, 3.8) is 0 Å². The molecule has 0 aliphatic carbocycles. The molecular weight excluding hydrogens is 426 g/mol. The van der Waals surface area contributed by atoms with Gasteiger partial charge in [-0.3, -0.25) is 4.79 Å². The lowest BCUT2D eigenvalue weighted by Crippen LogP contribution is -2.37. The summed E-state index contributed by atoms with van der Waals surface area (Å²) in [6, 6.07) is 16.9. The standard InChI is InChI=1S/C24H22ClN5O2/c25-19-6-2-1-5-18(19)21-9-10-26-24(29-21)27-16-7-8-20-15(12-16)13-22(28-20)23(32)30-11-3-4-17(30)14-31/h1-2,5-10,12-13,17,28,31H,3-4,11,14H2,(H,26,27,29)/t17-/m1/s1. The minimum atomic E-state index is -0.103. The smallest absolute Gasteiger partial charge is 0.270 e. The van der Waals surface area contributed by atoms with Crippen LogP contribution in [0.2, 0.25) is 5.02 Å². The Morgan fingerprint density at radius 1 is 1.22 bits per heavy atom. The molecule has 1 amide bonds. The van der Waals surface area contributed by atoms with Crippen LogP contribution in [0.1, 0.15) is 23.3 Å². The zero-order valence-electron chi connectivity index (χ0n) is 17.3. The summed E-state index contributed by atoms with van der Waals surface area (Å²) >= 11 is 6.30. The molecule has 1 atom stereocenters. The van der Waals surface area contributed by atoms with E-state index in [1.54, 1.807) is 11.1 Å². The maximum absolute atomic E-state index is 12.9. The van der Waals surface area contributed by atoms with Gasteiger partial charge in [0.15, 0.2) is 0 Å². The number of amides is 1. The number of hydrogen-bond donors (Lipinski definition) is 3. The highest BCUT2D eigenvalue weighted by Gasteiger charge is 2.29. The minimum absolute atomic E-state index is 0.00665. The van der Waals surface area contributed by atoms with E-state index in [1.165, 1.54) is 0 Å². The number of H-pyrrole nitrogens is 1. The second-order valence-corrected chi connectivity index (χ2v) is 8.24. The van der Waals surface area contributed by atoms with Gasteiger partial charge in [-0.25, -0.2) is 9.97 Å². The molecule has 8 heteroatoms. The molecule has 3 N–H and O–H groups in total. The fraction of sp³-hybridized carbons (Fsp3) is 0.208. The zero-order valence-corrected chi connectivity index (χ0v) is 18.0. The van der Waals surface area contributed by atoms with Crippen LogP contribution in [0.15, 0.2) is 60.8 Å². The molecule has 2 aromatic carbocycles. The number of anilines is 2. The van der Waals surface area contributed by atoms with Gasteiger partial charge < -0.3 is 20.3 Å². The molecule has 1 saturated heterocycles. The van der Waals surface area contributed by atoms with Gasteiger partial charge in [0.1, 0.15) is 5.69 Å². The maximum atomic E-state index is 12.9. The van der Waals surface area contributed by atoms with Crippen LogP contribution in [0.5, 0.6) is 0 Å². The largest absolute Gasteiger partial charge is 0.394 e. The molecule has 1 aliphatic heterocycles. The molecule has 2 aromatic heterocycles. The lowest BCUT2D eigenvalue weighted by atomic mass is 10.1. The Kier molecular flexibility index (Phi) is 5.51. The highest BCUT2D eigenvalue weighted by Crippen LogP contribution is 2.28. The normalized spacial score (nSPS) is 15.9. The van der Waals surface area contributed by atoms with E-state index < -0.39 is 0 Å². The maximum Gasteiger partial charge on any atom is 0.270 e. The van der Waals surface area contributed by atoms with E-state index in [9.17, 15) is 9.90 Å². The van der Waals surface area contributed by atoms with Crippen molar-refractivity contribution in [1.29, 1.82) is 0 Å². The molecule has 0 spiro atoms. The van der Waals surface area contributed by atoms with Gasteiger partial charge in [0, 0.05) is 39.9 Å². The van der Waals surface area contributed by atoms with Gasteiger partial charge >= 0.3 is 0 Å². The van der Waals surface area contributed by atoms with Gasteiger partial charge in [0.05, 0.1) is 18.3 Å². The number of hydrogen-bond acceptors (Lipinski definition) is 5. The lowest BCUT2D eigenvalue weighted by Gasteiger charge is -2.22. The summed E-state index contributed by atoms with van der Waals surface area (Å²) in [5, 5.41) is 14.3. The first-order valence-corrected chi connectivity index (χ1v) is 10.9. The van der Waals surface area contributed by atoms with E-state index in [4.69, 9.17) is 11.6 Å². The Morgan fingerprint density at radius 2 is 2.09 bits per heavy atom. The first-order chi connectivity index (χ1) is 15.6. The topological polar surface area (TPSA) is 94.1 Å². The van der Waals surface area contributed by atoms with E-state index in [-0.39, 0.29) is 18.6 Å². The fourth-order valence-corrected chi connectivity index (χ4v) is 4.37. The van der Waals surface area contributed by atoms with Crippen LogP contribution in [-0.2, 0) is 0 Å². The van der Waals surface area contributed by atoms with Crippen LogP contribution in [0.4, 0.5) is 11.6 Å². The zero-order chi connectivity index (χ0) is 22.1. The SMILES string of the molecule is O=C(c1cc2cc(Nc3nccc(-c4ccccc4Cl)n3)ccc2[nH]1)N1CCC[C@@H]1CO. The summed E-state index contributed by atoms with van der Waals surface area (Å²) in [6.07, 6.45) is 3.44. The molecule has 0 unspecified atom stereocenters. The average molecular weight is 448 g/mol. The highest BCUT2D eigenvalue weighted by molar-refractivity contribution is 6.33. The highest BCUT2D eigenvalue weighted by atomic mass is 35.5. The number of aliphatic hydroxyl groups excluding tert-OH is 1. The number of benzene rings is 2. The molecule has 5 rings (SSSR count). The number of aliphatic hydroxyl groups is 1. The van der Waals surface area contributed by atoms with E-state index in [1.807, 2.05) is 54.6 Å². The van der Waals surface area contributed by atoms with Crippen molar-refractivity contribution in [3.8, 4) is 11.3 Å². The monoisotopic (exact) mass is 447 g/mol. The second kappa shape index (κ2) is 8.61. The fourth-order valence-electron chi connectivity index (χ4n) is 4.14. The number of halogens is 1. The van der Waals surface area contributed by atoms with Crippen molar-refractivity contribution in [1.82, 2.24) is 19.9 Å². The number of carbonyl (C=O) groups is 1. The number of aromatic nitrogens is 3. The van der Waals surface area contributed by atoms with Crippen LogP contribution in [0.25, 0.3) is 22.2 Å². The third-order valence-electron chi connectivity index (χ3n) is 5.76. The number of aromatic amines is 1. The molecule has 4 aromatic rings. The van der Waals surface area contributed by atoms with Crippen LogP contribution < -0.4 is 5.32 Å². The predicted octanol–water partition coefficient (Wildman–Crippen LogP) is 4.62. The van der Waals surface area contributed by atoms with E-state index in [2.05, 4.69) is 20.3 Å². The van der Waals surface area contributed by atoms with Gasteiger partial charge in [0.2, 0.25) is 5.95 Å². The van der Waals surface area contributed by atoms with Crippen molar-refractivity contribution in [2.75, 3.05) is 18.5 Å². The molecule has 0 radical (unpaired) electrons. The van der Waals surface area contributed by atoms with Crippen molar-refractivity contribution in [2.45, 2.75) is 18.9 Å². The van der Waals surface area contributed by atoms with E-state index >= 15 is 0 Å². The summed E-state index contributed by atoms with van der Waals surface area (Å²) in [5.74, 6) is 0.375. The summed E-state index contributed by atoms with van der Waals surface area (Å²) < 4.78 is 0. The van der Waals surface area contributed by atoms with Gasteiger partial charge in [-0.2, -0.15) is 0 Å². The number of carbonyl (C=O) groups excluding carboxylic acids is 1. The molecule has 1 aliphatic rings. The third-order valence-corrected chi connectivity index (χ3v) is 6.09. The average Bonchev–Trinajstić information content (AvgIpc) is 3.46. The number of nitrogens with one attached hydrogen (secondary N) is 2. The second-order valence-electron chi connectivity index (χ2n) is 7.83. The minimum Gasteiger partial charge on any atom is -0.394 e. The predicted molar refractivity (Wildman–Crippen MR) is 125 cm³/mol. The number of rotatable bonds is 5. The van der Waals surface area contributed by atoms with Gasteiger partial charge in [-0.1, -0.05) is 29.8 Å². The van der Waals surface area contributed by atoms with Crippen molar-refractivity contribution in [3.05, 3.63) is 71.5 Å². The summed E-state index contributed by atoms with van der Waals surface area (Å²) in [5.41, 5.74) is 3.76. The molecule has 3 heterocycles.